The standard InChI is InChI=1S/C23H27F2N7O2/c1-14(33)31-7-5-20-18(11-31)23(29-32(20)13-26-16-6-8-34-12-16)28-22-19(24)4-3-17(21(22)25)15-9-27-30(2)10-15/h3-4,9-10,16,26H,5-8,11-13H2,1-2H3,(H,28,29)/t16-/m1/s1. The molecule has 1 amide bonds. The average Bonchev–Trinajstić information content (AvgIpc) is 3.56. The van der Waals surface area contributed by atoms with Crippen molar-refractivity contribution in [1.82, 2.24) is 29.8 Å². The van der Waals surface area contributed by atoms with Gasteiger partial charge >= 0.3 is 0 Å². The number of carbonyl (C=O) groups is 1. The number of fused-ring (bicyclic) bond motifs is 1. The van der Waals surface area contributed by atoms with E-state index in [0.717, 1.165) is 24.3 Å². The van der Waals surface area contributed by atoms with Gasteiger partial charge in [-0.3, -0.25) is 19.5 Å². The van der Waals surface area contributed by atoms with Crippen molar-refractivity contribution in [1.29, 1.82) is 0 Å². The molecule has 0 radical (unpaired) electrons. The second-order valence-electron chi connectivity index (χ2n) is 8.70. The molecule has 1 atom stereocenters. The van der Waals surface area contributed by atoms with Crippen LogP contribution in [0.2, 0.25) is 0 Å². The zero-order valence-electron chi connectivity index (χ0n) is 19.1. The highest BCUT2D eigenvalue weighted by atomic mass is 19.1. The Bertz CT molecular complexity index is 1220. The third-order valence-electron chi connectivity index (χ3n) is 6.39. The Morgan fingerprint density at radius 3 is 2.88 bits per heavy atom. The summed E-state index contributed by atoms with van der Waals surface area (Å²) in [5.74, 6) is -1.17. The number of hydrogen-bond donors (Lipinski definition) is 2. The van der Waals surface area contributed by atoms with Crippen molar-refractivity contribution < 1.29 is 18.3 Å². The topological polar surface area (TPSA) is 89.2 Å². The van der Waals surface area contributed by atoms with E-state index in [-0.39, 0.29) is 23.2 Å². The molecule has 2 N–H and O–H groups in total. The first kappa shape index (κ1) is 22.5. The van der Waals surface area contributed by atoms with Gasteiger partial charge in [0, 0.05) is 68.2 Å². The first-order valence-electron chi connectivity index (χ1n) is 11.3. The largest absolute Gasteiger partial charge is 0.380 e. The lowest BCUT2D eigenvalue weighted by Gasteiger charge is -2.27. The number of ether oxygens (including phenoxy) is 1. The number of nitrogens with zero attached hydrogens (tertiary/aromatic N) is 5. The molecule has 1 aromatic carbocycles. The molecule has 5 rings (SSSR count). The van der Waals surface area contributed by atoms with E-state index in [2.05, 4.69) is 20.8 Å². The maximum Gasteiger partial charge on any atom is 0.219 e. The van der Waals surface area contributed by atoms with Crippen molar-refractivity contribution in [3.8, 4) is 11.1 Å². The Morgan fingerprint density at radius 2 is 2.18 bits per heavy atom. The predicted octanol–water partition coefficient (Wildman–Crippen LogP) is 2.55. The Balaban J connectivity index is 1.49. The fraction of sp³-hybridized carbons (Fsp3) is 0.435. The summed E-state index contributed by atoms with van der Waals surface area (Å²) in [7, 11) is 1.73. The van der Waals surface area contributed by atoms with E-state index >= 15 is 4.39 Å². The van der Waals surface area contributed by atoms with Crippen molar-refractivity contribution in [3.63, 3.8) is 0 Å². The molecule has 0 spiro atoms. The molecule has 2 aromatic heterocycles. The van der Waals surface area contributed by atoms with Gasteiger partial charge < -0.3 is 15.0 Å². The molecule has 2 aliphatic heterocycles. The zero-order valence-corrected chi connectivity index (χ0v) is 19.1. The average molecular weight is 472 g/mol. The van der Waals surface area contributed by atoms with Crippen LogP contribution >= 0.6 is 0 Å². The highest BCUT2D eigenvalue weighted by Gasteiger charge is 2.28. The summed E-state index contributed by atoms with van der Waals surface area (Å²) >= 11 is 0. The maximum absolute atomic E-state index is 15.4. The van der Waals surface area contributed by atoms with Crippen LogP contribution in [0.4, 0.5) is 20.3 Å². The molecule has 0 bridgehead atoms. The van der Waals surface area contributed by atoms with Crippen LogP contribution in [0.25, 0.3) is 11.1 Å². The van der Waals surface area contributed by atoms with E-state index in [0.29, 0.717) is 44.2 Å². The number of aryl methyl sites for hydroxylation is 1. The molecular weight excluding hydrogens is 444 g/mol. The van der Waals surface area contributed by atoms with Gasteiger partial charge in [-0.2, -0.15) is 10.2 Å². The summed E-state index contributed by atoms with van der Waals surface area (Å²) < 4.78 is 39.0. The summed E-state index contributed by atoms with van der Waals surface area (Å²) in [4.78, 5) is 13.7. The number of rotatable bonds is 6. The highest BCUT2D eigenvalue weighted by Crippen LogP contribution is 2.34. The van der Waals surface area contributed by atoms with Gasteiger partial charge in [0.15, 0.2) is 11.6 Å². The van der Waals surface area contributed by atoms with Gasteiger partial charge in [-0.1, -0.05) is 0 Å². The van der Waals surface area contributed by atoms with Gasteiger partial charge in [0.05, 0.1) is 26.0 Å². The molecule has 4 heterocycles. The first-order valence-corrected chi connectivity index (χ1v) is 11.3. The minimum absolute atomic E-state index is 0.0542. The van der Waals surface area contributed by atoms with Crippen LogP contribution in [-0.2, 0) is 36.2 Å². The molecule has 3 aromatic rings. The van der Waals surface area contributed by atoms with Gasteiger partial charge in [-0.15, -0.1) is 0 Å². The third-order valence-corrected chi connectivity index (χ3v) is 6.39. The lowest BCUT2D eigenvalue weighted by Crippen LogP contribution is -2.36. The number of amides is 1. The number of hydrogen-bond acceptors (Lipinski definition) is 6. The fourth-order valence-electron chi connectivity index (χ4n) is 4.47. The summed E-state index contributed by atoms with van der Waals surface area (Å²) in [5.41, 5.74) is 2.19. The van der Waals surface area contributed by atoms with Gasteiger partial charge in [-0.05, 0) is 18.6 Å². The summed E-state index contributed by atoms with van der Waals surface area (Å²) in [6.07, 6.45) is 4.72. The van der Waals surface area contributed by atoms with Crippen LogP contribution in [0.1, 0.15) is 24.6 Å². The molecule has 0 saturated carbocycles. The van der Waals surface area contributed by atoms with Crippen molar-refractivity contribution in [2.24, 2.45) is 7.05 Å². The fourth-order valence-corrected chi connectivity index (χ4v) is 4.47. The molecular formula is C23H27F2N7O2. The third kappa shape index (κ3) is 4.28. The van der Waals surface area contributed by atoms with Gasteiger partial charge in [-0.25, -0.2) is 8.78 Å². The molecule has 11 heteroatoms. The second-order valence-corrected chi connectivity index (χ2v) is 8.70. The first-order chi connectivity index (χ1) is 16.4. The Kier molecular flexibility index (Phi) is 6.05. The van der Waals surface area contributed by atoms with Gasteiger partial charge in [0.25, 0.3) is 0 Å². The molecule has 1 saturated heterocycles. The number of halogens is 2. The Hall–Kier alpha value is -3.31. The number of carbonyl (C=O) groups excluding carboxylic acids is 1. The number of anilines is 2. The minimum atomic E-state index is -0.728. The smallest absolute Gasteiger partial charge is 0.219 e. The zero-order chi connectivity index (χ0) is 23.8. The number of aromatic nitrogens is 4. The van der Waals surface area contributed by atoms with Crippen molar-refractivity contribution >= 4 is 17.4 Å². The van der Waals surface area contributed by atoms with Crippen LogP contribution in [0, 0.1) is 11.6 Å². The molecule has 0 aliphatic carbocycles. The van der Waals surface area contributed by atoms with Gasteiger partial charge in [0.1, 0.15) is 11.5 Å². The lowest BCUT2D eigenvalue weighted by molar-refractivity contribution is -0.129. The van der Waals surface area contributed by atoms with E-state index in [1.165, 1.54) is 25.3 Å². The van der Waals surface area contributed by atoms with Crippen molar-refractivity contribution in [2.45, 2.75) is 39.0 Å². The maximum atomic E-state index is 15.4. The molecule has 0 unspecified atom stereocenters. The monoisotopic (exact) mass is 471 g/mol. The SMILES string of the molecule is CC(=O)N1CCc2c(c(Nc3c(F)ccc(-c4cnn(C)c4)c3F)nn2CN[C@@H]2CCOC2)C1. The second kappa shape index (κ2) is 9.15. The molecule has 34 heavy (non-hydrogen) atoms. The van der Waals surface area contributed by atoms with Crippen LogP contribution in [0.15, 0.2) is 24.5 Å². The molecule has 1 fully saturated rings. The van der Waals surface area contributed by atoms with Gasteiger partial charge in [0.2, 0.25) is 5.91 Å². The molecule has 2 aliphatic rings. The molecule has 9 nitrogen and oxygen atoms in total. The summed E-state index contributed by atoms with van der Waals surface area (Å²) in [6, 6.07) is 2.85. The van der Waals surface area contributed by atoms with Crippen LogP contribution in [-0.4, -0.2) is 56.2 Å². The quantitative estimate of drug-likeness (QED) is 0.575. The Labute approximate surface area is 195 Å². The van der Waals surface area contributed by atoms with E-state index in [1.807, 2.05) is 4.68 Å². The van der Waals surface area contributed by atoms with E-state index in [9.17, 15) is 9.18 Å². The predicted molar refractivity (Wildman–Crippen MR) is 121 cm³/mol. The number of benzene rings is 1. The summed E-state index contributed by atoms with van der Waals surface area (Å²) in [5, 5.41) is 15.0. The normalized spacial score (nSPS) is 17.8. The van der Waals surface area contributed by atoms with E-state index < -0.39 is 11.6 Å². The van der Waals surface area contributed by atoms with E-state index in [1.54, 1.807) is 22.8 Å². The molecule has 180 valence electrons. The van der Waals surface area contributed by atoms with Crippen LogP contribution in [0.3, 0.4) is 0 Å². The number of nitrogens with one attached hydrogen (secondary N) is 2. The highest BCUT2D eigenvalue weighted by molar-refractivity contribution is 5.75. The van der Waals surface area contributed by atoms with Crippen molar-refractivity contribution in [3.05, 3.63) is 47.4 Å². The summed E-state index contributed by atoms with van der Waals surface area (Å²) in [6.45, 7) is 4.22. The minimum Gasteiger partial charge on any atom is -0.380 e. The van der Waals surface area contributed by atoms with Crippen molar-refractivity contribution in [2.75, 3.05) is 25.1 Å². The van der Waals surface area contributed by atoms with E-state index in [4.69, 9.17) is 4.74 Å². The van der Waals surface area contributed by atoms with Crippen LogP contribution in [0.5, 0.6) is 0 Å². The lowest BCUT2D eigenvalue weighted by atomic mass is 10.1. The Morgan fingerprint density at radius 1 is 1.32 bits per heavy atom. The van der Waals surface area contributed by atoms with Crippen LogP contribution < -0.4 is 10.6 Å².